The van der Waals surface area contributed by atoms with Gasteiger partial charge in [0.1, 0.15) is 11.1 Å². The molecule has 1 amide bonds. The number of hydrogen-bond acceptors (Lipinski definition) is 8. The molecule has 3 aromatic heterocycles. The lowest BCUT2D eigenvalue weighted by Crippen LogP contribution is -2.48. The second-order valence-electron chi connectivity index (χ2n) is 6.52. The van der Waals surface area contributed by atoms with Crippen LogP contribution >= 0.6 is 22.7 Å². The van der Waals surface area contributed by atoms with Crippen molar-refractivity contribution in [3.8, 4) is 6.07 Å². The van der Waals surface area contributed by atoms with Crippen LogP contribution in [-0.2, 0) is 11.3 Å². The molecular formula is C18H18N6O2S2. The Balaban J connectivity index is 1.29. The van der Waals surface area contributed by atoms with Gasteiger partial charge in [-0.05, 0) is 11.4 Å². The maximum absolute atomic E-state index is 12.2. The molecule has 0 atom stereocenters. The van der Waals surface area contributed by atoms with Crippen molar-refractivity contribution < 1.29 is 4.79 Å². The first-order chi connectivity index (χ1) is 13.6. The summed E-state index contributed by atoms with van der Waals surface area (Å²) in [5.41, 5.74) is 1.22. The smallest absolute Gasteiger partial charge is 0.258 e. The molecule has 8 nitrogen and oxygen atoms in total. The molecule has 1 aliphatic heterocycles. The Morgan fingerprint density at radius 2 is 2.00 bits per heavy atom. The predicted octanol–water partition coefficient (Wildman–Crippen LogP) is 1.45. The van der Waals surface area contributed by atoms with Gasteiger partial charge in [-0.15, -0.1) is 22.7 Å². The van der Waals surface area contributed by atoms with Crippen molar-refractivity contribution in [2.45, 2.75) is 6.54 Å². The molecule has 0 saturated carbocycles. The molecule has 1 fully saturated rings. The molecule has 4 heterocycles. The third-order valence-electron chi connectivity index (χ3n) is 4.61. The highest BCUT2D eigenvalue weighted by Gasteiger charge is 2.20. The number of carbonyl (C=O) groups excluding carboxylic acids is 1. The Morgan fingerprint density at radius 1 is 1.21 bits per heavy atom. The van der Waals surface area contributed by atoms with E-state index in [1.165, 1.54) is 22.7 Å². The molecule has 1 N–H and O–H groups in total. The zero-order valence-corrected chi connectivity index (χ0v) is 16.6. The summed E-state index contributed by atoms with van der Waals surface area (Å²) < 4.78 is 1.55. The molecule has 4 rings (SSSR count). The Morgan fingerprint density at radius 3 is 2.79 bits per heavy atom. The van der Waals surface area contributed by atoms with Gasteiger partial charge in [0.2, 0.25) is 5.91 Å². The summed E-state index contributed by atoms with van der Waals surface area (Å²) in [4.78, 5) is 33.9. The highest BCUT2D eigenvalue weighted by atomic mass is 32.1. The highest BCUT2D eigenvalue weighted by Crippen LogP contribution is 2.22. The fourth-order valence-electron chi connectivity index (χ4n) is 3.17. The number of fused-ring (bicyclic) bond motifs is 1. The Labute approximate surface area is 169 Å². The zero-order valence-electron chi connectivity index (χ0n) is 15.0. The van der Waals surface area contributed by atoms with Gasteiger partial charge in [-0.2, -0.15) is 5.26 Å². The quantitative estimate of drug-likeness (QED) is 0.679. The number of nitriles is 1. The number of piperazine rings is 1. The molecule has 0 aliphatic carbocycles. The molecule has 0 aromatic carbocycles. The molecule has 0 unspecified atom stereocenters. The minimum absolute atomic E-state index is 0.0538. The topological polar surface area (TPSA) is 93.7 Å². The lowest BCUT2D eigenvalue weighted by Gasteiger charge is -2.34. The van der Waals surface area contributed by atoms with E-state index in [1.807, 2.05) is 5.38 Å². The van der Waals surface area contributed by atoms with Crippen LogP contribution in [0.4, 0.5) is 5.00 Å². The first kappa shape index (κ1) is 18.8. The molecule has 0 spiro atoms. The number of aromatic nitrogens is 2. The first-order valence-corrected chi connectivity index (χ1v) is 10.6. The van der Waals surface area contributed by atoms with Crippen LogP contribution in [0.2, 0.25) is 0 Å². The van der Waals surface area contributed by atoms with Crippen LogP contribution in [0.5, 0.6) is 0 Å². The van der Waals surface area contributed by atoms with Crippen LogP contribution in [0.1, 0.15) is 11.3 Å². The van der Waals surface area contributed by atoms with Gasteiger partial charge in [0.25, 0.3) is 5.56 Å². The number of anilines is 1. The summed E-state index contributed by atoms with van der Waals surface area (Å²) in [6.07, 6.45) is 1.73. The van der Waals surface area contributed by atoms with E-state index in [-0.39, 0.29) is 11.5 Å². The predicted molar refractivity (Wildman–Crippen MR) is 109 cm³/mol. The lowest BCUT2D eigenvalue weighted by molar-refractivity contribution is -0.117. The van der Waals surface area contributed by atoms with E-state index in [4.69, 9.17) is 5.26 Å². The number of nitrogens with zero attached hydrogens (tertiary/aromatic N) is 5. The SMILES string of the molecule is N#Cc1ccsc1NC(=O)CN1CCN(Cc2cc(=O)n3ccsc3n2)CC1. The standard InChI is InChI=1S/C18H18N6O2S2/c19-10-13-1-7-27-17(13)21-15(25)12-23-4-2-22(3-5-23)11-14-9-16(26)24-6-8-28-18(24)20-14/h1,6-9H,2-5,11-12H2,(H,21,25). The van der Waals surface area contributed by atoms with Gasteiger partial charge in [-0.25, -0.2) is 4.98 Å². The van der Waals surface area contributed by atoms with Gasteiger partial charge in [-0.3, -0.25) is 23.8 Å². The summed E-state index contributed by atoms with van der Waals surface area (Å²) in [6, 6.07) is 5.36. The molecule has 0 bridgehead atoms. The highest BCUT2D eigenvalue weighted by molar-refractivity contribution is 7.15. The Hall–Kier alpha value is -2.58. The molecule has 0 radical (unpaired) electrons. The summed E-state index contributed by atoms with van der Waals surface area (Å²) in [5.74, 6) is -0.106. The number of thiazole rings is 1. The van der Waals surface area contributed by atoms with Crippen molar-refractivity contribution >= 4 is 38.5 Å². The van der Waals surface area contributed by atoms with Gasteiger partial charge in [0.15, 0.2) is 4.96 Å². The van der Waals surface area contributed by atoms with E-state index in [2.05, 4.69) is 26.2 Å². The minimum atomic E-state index is -0.106. The summed E-state index contributed by atoms with van der Waals surface area (Å²) in [6.45, 7) is 4.08. The summed E-state index contributed by atoms with van der Waals surface area (Å²) >= 11 is 2.80. The van der Waals surface area contributed by atoms with E-state index >= 15 is 0 Å². The van der Waals surface area contributed by atoms with Gasteiger partial charge in [0.05, 0.1) is 17.8 Å². The number of hydrogen-bond donors (Lipinski definition) is 1. The number of nitrogens with one attached hydrogen (secondary N) is 1. The van der Waals surface area contributed by atoms with Crippen LogP contribution in [-0.4, -0.2) is 57.8 Å². The third-order valence-corrected chi connectivity index (χ3v) is 6.20. The Bertz CT molecular complexity index is 1090. The fourth-order valence-corrected chi connectivity index (χ4v) is 4.66. The average Bonchev–Trinajstić information content (AvgIpc) is 3.32. The van der Waals surface area contributed by atoms with Crippen LogP contribution < -0.4 is 10.9 Å². The molecule has 1 saturated heterocycles. The first-order valence-electron chi connectivity index (χ1n) is 8.80. The van der Waals surface area contributed by atoms with Gasteiger partial charge < -0.3 is 5.32 Å². The van der Waals surface area contributed by atoms with Crippen molar-refractivity contribution in [1.82, 2.24) is 19.2 Å². The monoisotopic (exact) mass is 414 g/mol. The number of rotatable bonds is 5. The van der Waals surface area contributed by atoms with Crippen molar-refractivity contribution in [3.05, 3.63) is 50.7 Å². The van der Waals surface area contributed by atoms with Gasteiger partial charge in [0, 0.05) is 50.4 Å². The normalized spacial score (nSPS) is 15.5. The van der Waals surface area contributed by atoms with Crippen LogP contribution in [0.15, 0.2) is 33.9 Å². The van der Waals surface area contributed by atoms with E-state index in [9.17, 15) is 9.59 Å². The minimum Gasteiger partial charge on any atom is -0.315 e. The number of carbonyl (C=O) groups is 1. The fraction of sp³-hybridized carbons (Fsp3) is 0.333. The molecule has 144 valence electrons. The molecular weight excluding hydrogens is 396 g/mol. The largest absolute Gasteiger partial charge is 0.315 e. The summed E-state index contributed by atoms with van der Waals surface area (Å²) in [7, 11) is 0. The maximum Gasteiger partial charge on any atom is 0.258 e. The lowest BCUT2D eigenvalue weighted by atomic mass is 10.2. The zero-order chi connectivity index (χ0) is 19.5. The maximum atomic E-state index is 12.2. The second-order valence-corrected chi connectivity index (χ2v) is 8.31. The van der Waals surface area contributed by atoms with Crippen molar-refractivity contribution in [2.75, 3.05) is 38.0 Å². The average molecular weight is 415 g/mol. The molecule has 28 heavy (non-hydrogen) atoms. The van der Waals surface area contributed by atoms with Crippen molar-refractivity contribution in [1.29, 1.82) is 5.26 Å². The summed E-state index contributed by atoms with van der Waals surface area (Å²) in [5, 5.41) is 16.1. The van der Waals surface area contributed by atoms with E-state index in [0.29, 0.717) is 28.6 Å². The number of thiophene rings is 1. The van der Waals surface area contributed by atoms with Crippen molar-refractivity contribution in [3.63, 3.8) is 0 Å². The van der Waals surface area contributed by atoms with Crippen molar-refractivity contribution in [2.24, 2.45) is 0 Å². The van der Waals surface area contributed by atoms with E-state index < -0.39 is 0 Å². The molecule has 1 aliphatic rings. The van der Waals surface area contributed by atoms with Gasteiger partial charge in [-0.1, -0.05) is 0 Å². The Kier molecular flexibility index (Phi) is 5.50. The number of amides is 1. The van der Waals surface area contributed by atoms with E-state index in [1.54, 1.807) is 28.1 Å². The molecule has 3 aromatic rings. The van der Waals surface area contributed by atoms with E-state index in [0.717, 1.165) is 31.9 Å². The van der Waals surface area contributed by atoms with Crippen LogP contribution in [0.25, 0.3) is 4.96 Å². The molecule has 10 heteroatoms. The van der Waals surface area contributed by atoms with Crippen LogP contribution in [0.3, 0.4) is 0 Å². The third kappa shape index (κ3) is 4.13. The van der Waals surface area contributed by atoms with Gasteiger partial charge >= 0.3 is 0 Å². The van der Waals surface area contributed by atoms with Crippen LogP contribution in [0, 0.1) is 11.3 Å². The second kappa shape index (κ2) is 8.20.